The van der Waals surface area contributed by atoms with E-state index in [1.807, 2.05) is 30.3 Å². The van der Waals surface area contributed by atoms with Crippen LogP contribution >= 0.6 is 35.7 Å². The van der Waals surface area contributed by atoms with E-state index in [1.54, 1.807) is 0 Å². The first-order valence-electron chi connectivity index (χ1n) is 9.80. The Bertz CT molecular complexity index is 581. The molecule has 0 bridgehead atoms. The molecule has 0 amide bonds. The third-order valence-corrected chi connectivity index (χ3v) is 6.25. The van der Waals surface area contributed by atoms with Gasteiger partial charge in [-0.3, -0.25) is 0 Å². The fourth-order valence-electron chi connectivity index (χ4n) is 3.50. The van der Waals surface area contributed by atoms with Crippen LogP contribution in [0.5, 0.6) is 0 Å². The molecule has 0 radical (unpaired) electrons. The Morgan fingerprint density at radius 1 is 1.26 bits per heavy atom. The molecule has 1 fully saturated rings. The second kappa shape index (κ2) is 12.1. The largest absolute Gasteiger partial charge is 0.356 e. The monoisotopic (exact) mass is 508 g/mol. The predicted octanol–water partition coefficient (Wildman–Crippen LogP) is 3.75. The van der Waals surface area contributed by atoms with Crippen molar-refractivity contribution in [1.29, 1.82) is 0 Å². The van der Waals surface area contributed by atoms with Crippen molar-refractivity contribution in [3.05, 3.63) is 11.6 Å². The molecule has 0 unspecified atom stereocenters. The van der Waals surface area contributed by atoms with Gasteiger partial charge in [-0.05, 0) is 49.5 Å². The van der Waals surface area contributed by atoms with Gasteiger partial charge >= 0.3 is 0 Å². The van der Waals surface area contributed by atoms with Crippen molar-refractivity contribution in [2.45, 2.75) is 59.4 Å². The average molecular weight is 509 g/mol. The molecule has 0 saturated heterocycles. The number of hydrogen-bond donors (Lipinski definition) is 2. The molecule has 27 heavy (non-hydrogen) atoms. The number of aryl methyl sites for hydroxylation is 1. The third-order valence-electron chi connectivity index (χ3n) is 5.55. The number of thioether (sulfide) groups is 1. The number of guanidine groups is 1. The molecule has 6 nitrogen and oxygen atoms in total. The maximum absolute atomic E-state index is 4.76. The quantitative estimate of drug-likeness (QED) is 0.230. The maximum Gasteiger partial charge on any atom is 0.191 e. The van der Waals surface area contributed by atoms with Crippen LogP contribution in [0.2, 0.25) is 0 Å². The lowest BCUT2D eigenvalue weighted by atomic mass is 9.78. The lowest BCUT2D eigenvalue weighted by molar-refractivity contribution is 0.218. The first kappa shape index (κ1) is 24.5. The summed E-state index contributed by atoms with van der Waals surface area (Å²) in [5, 5.41) is 15.4. The summed E-state index contributed by atoms with van der Waals surface area (Å²) in [6.45, 7) is 9.15. The second-order valence-electron chi connectivity index (χ2n) is 7.98. The zero-order valence-electron chi connectivity index (χ0n) is 17.5. The predicted molar refractivity (Wildman–Crippen MR) is 127 cm³/mol. The van der Waals surface area contributed by atoms with E-state index in [0.717, 1.165) is 48.8 Å². The van der Waals surface area contributed by atoms with E-state index in [4.69, 9.17) is 4.99 Å². The standard InChI is InChI=1S/C19H36N6S.HI/c1-15-23-24-17(25(15)4)13-21-18(20-11-8-12-26-5)22-14-19(2,3)16-9-6-7-10-16;/h16H,6-14H2,1-5H3,(H2,20,21,22);1H. The summed E-state index contributed by atoms with van der Waals surface area (Å²) in [6, 6.07) is 0. The summed E-state index contributed by atoms with van der Waals surface area (Å²) < 4.78 is 2.00. The highest BCUT2D eigenvalue weighted by Crippen LogP contribution is 2.38. The van der Waals surface area contributed by atoms with Crippen molar-refractivity contribution in [3.63, 3.8) is 0 Å². The van der Waals surface area contributed by atoms with Crippen molar-refractivity contribution >= 4 is 41.7 Å². The van der Waals surface area contributed by atoms with Gasteiger partial charge in [0.05, 0.1) is 0 Å². The average Bonchev–Trinajstić information content (AvgIpc) is 3.26. The molecular weight excluding hydrogens is 471 g/mol. The van der Waals surface area contributed by atoms with Crippen LogP contribution in [0.3, 0.4) is 0 Å². The lowest BCUT2D eigenvalue weighted by Crippen LogP contribution is -2.44. The van der Waals surface area contributed by atoms with Crippen LogP contribution in [-0.2, 0) is 13.6 Å². The van der Waals surface area contributed by atoms with E-state index in [9.17, 15) is 0 Å². The summed E-state index contributed by atoms with van der Waals surface area (Å²) in [5.74, 6) is 4.67. The highest BCUT2D eigenvalue weighted by atomic mass is 127. The summed E-state index contributed by atoms with van der Waals surface area (Å²) >= 11 is 1.88. The SMILES string of the molecule is CSCCCNC(=NCc1nnc(C)n1C)NCC(C)(C)C1CCCC1.I. The summed E-state index contributed by atoms with van der Waals surface area (Å²) in [6.07, 6.45) is 8.77. The molecule has 156 valence electrons. The van der Waals surface area contributed by atoms with E-state index in [0.29, 0.717) is 12.0 Å². The van der Waals surface area contributed by atoms with Gasteiger partial charge in [-0.1, -0.05) is 26.7 Å². The van der Waals surface area contributed by atoms with Gasteiger partial charge in [0, 0.05) is 20.1 Å². The Morgan fingerprint density at radius 2 is 1.96 bits per heavy atom. The minimum absolute atomic E-state index is 0. The number of nitrogens with one attached hydrogen (secondary N) is 2. The van der Waals surface area contributed by atoms with Crippen LogP contribution in [0.25, 0.3) is 0 Å². The molecule has 1 aliphatic carbocycles. The zero-order chi connectivity index (χ0) is 19.0. The van der Waals surface area contributed by atoms with E-state index in [-0.39, 0.29) is 24.0 Å². The van der Waals surface area contributed by atoms with Gasteiger partial charge < -0.3 is 15.2 Å². The summed E-state index contributed by atoms with van der Waals surface area (Å²) in [4.78, 5) is 4.76. The Morgan fingerprint density at radius 3 is 2.56 bits per heavy atom. The van der Waals surface area contributed by atoms with Gasteiger partial charge in [0.2, 0.25) is 0 Å². The molecule has 1 aliphatic rings. The molecule has 2 rings (SSSR count). The highest BCUT2D eigenvalue weighted by Gasteiger charge is 2.31. The van der Waals surface area contributed by atoms with Gasteiger partial charge in [0.1, 0.15) is 12.4 Å². The molecule has 2 N–H and O–H groups in total. The van der Waals surface area contributed by atoms with Crippen LogP contribution < -0.4 is 10.6 Å². The van der Waals surface area contributed by atoms with Crippen molar-refractivity contribution in [3.8, 4) is 0 Å². The molecule has 1 aromatic rings. The van der Waals surface area contributed by atoms with E-state index in [1.165, 1.54) is 25.7 Å². The van der Waals surface area contributed by atoms with E-state index < -0.39 is 0 Å². The number of aromatic nitrogens is 3. The first-order chi connectivity index (χ1) is 12.4. The van der Waals surface area contributed by atoms with Crippen molar-refractivity contribution < 1.29 is 0 Å². The van der Waals surface area contributed by atoms with Crippen LogP contribution in [-0.4, -0.2) is 45.8 Å². The second-order valence-corrected chi connectivity index (χ2v) is 8.97. The molecule has 8 heteroatoms. The number of halogens is 1. The summed E-state index contributed by atoms with van der Waals surface area (Å²) in [7, 11) is 1.99. The number of aliphatic imine (C=N–C) groups is 1. The van der Waals surface area contributed by atoms with Crippen LogP contribution in [0.4, 0.5) is 0 Å². The van der Waals surface area contributed by atoms with Gasteiger partial charge in [-0.25, -0.2) is 4.99 Å². The maximum atomic E-state index is 4.76. The van der Waals surface area contributed by atoms with E-state index in [2.05, 4.69) is 40.9 Å². The van der Waals surface area contributed by atoms with E-state index >= 15 is 0 Å². The zero-order valence-corrected chi connectivity index (χ0v) is 20.7. The topological polar surface area (TPSA) is 67.1 Å². The number of rotatable bonds is 9. The molecule has 0 aliphatic heterocycles. The molecule has 0 aromatic carbocycles. The first-order valence-corrected chi connectivity index (χ1v) is 11.2. The fraction of sp³-hybridized carbons (Fsp3) is 0.842. The van der Waals surface area contributed by atoms with Crippen molar-refractivity contribution in [2.24, 2.45) is 23.4 Å². The Labute approximate surface area is 186 Å². The van der Waals surface area contributed by atoms with Crippen LogP contribution in [0.1, 0.15) is 57.6 Å². The third kappa shape index (κ3) is 7.79. The minimum atomic E-state index is 0. The van der Waals surface area contributed by atoms with Crippen LogP contribution in [0, 0.1) is 18.3 Å². The Balaban J connectivity index is 0.00000364. The summed E-state index contributed by atoms with van der Waals surface area (Å²) in [5.41, 5.74) is 0.291. The molecule has 1 saturated carbocycles. The normalized spacial score (nSPS) is 15.7. The Hall–Kier alpha value is -0.510. The minimum Gasteiger partial charge on any atom is -0.356 e. The fourth-order valence-corrected chi connectivity index (χ4v) is 3.93. The van der Waals surface area contributed by atoms with Gasteiger partial charge in [-0.2, -0.15) is 11.8 Å². The van der Waals surface area contributed by atoms with Gasteiger partial charge in [0.25, 0.3) is 0 Å². The van der Waals surface area contributed by atoms with Gasteiger partial charge in [0.15, 0.2) is 11.8 Å². The molecule has 0 atom stereocenters. The van der Waals surface area contributed by atoms with Crippen molar-refractivity contribution in [2.75, 3.05) is 25.1 Å². The van der Waals surface area contributed by atoms with Crippen molar-refractivity contribution in [1.82, 2.24) is 25.4 Å². The highest BCUT2D eigenvalue weighted by molar-refractivity contribution is 14.0. The molecular formula is C19H37IN6S. The Kier molecular flexibility index (Phi) is 11.0. The number of nitrogens with zero attached hydrogens (tertiary/aromatic N) is 4. The molecule has 1 aromatic heterocycles. The number of hydrogen-bond acceptors (Lipinski definition) is 4. The molecule has 0 spiro atoms. The molecule has 1 heterocycles. The smallest absolute Gasteiger partial charge is 0.191 e. The lowest BCUT2D eigenvalue weighted by Gasteiger charge is -2.32. The van der Waals surface area contributed by atoms with Gasteiger partial charge in [-0.15, -0.1) is 34.2 Å². The van der Waals surface area contributed by atoms with Crippen LogP contribution in [0.15, 0.2) is 4.99 Å².